The van der Waals surface area contributed by atoms with Gasteiger partial charge in [0.05, 0.1) is 5.92 Å². The third kappa shape index (κ3) is 3.90. The number of aromatic nitrogens is 1. The zero-order chi connectivity index (χ0) is 20.4. The van der Waals surface area contributed by atoms with E-state index in [0.717, 1.165) is 29.3 Å². The van der Waals surface area contributed by atoms with Crippen molar-refractivity contribution in [3.63, 3.8) is 0 Å². The number of carboxylic acids is 1. The van der Waals surface area contributed by atoms with Gasteiger partial charge < -0.3 is 15.4 Å². The van der Waals surface area contributed by atoms with Crippen LogP contribution in [0.25, 0.3) is 10.9 Å². The molecule has 1 heterocycles. The largest absolute Gasteiger partial charge is 0.480 e. The zero-order valence-corrected chi connectivity index (χ0v) is 16.9. The number of para-hydroxylation sites is 1. The van der Waals surface area contributed by atoms with Gasteiger partial charge in [-0.05, 0) is 41.5 Å². The van der Waals surface area contributed by atoms with Crippen molar-refractivity contribution in [2.75, 3.05) is 5.75 Å². The molecule has 29 heavy (non-hydrogen) atoms. The lowest BCUT2D eigenvalue weighted by Crippen LogP contribution is -2.46. The number of hydrogen-bond donors (Lipinski definition) is 4. The minimum absolute atomic E-state index is 0.0752. The molecule has 3 N–H and O–H groups in total. The molecule has 0 bridgehead atoms. The number of carbonyl (C=O) groups is 2. The third-order valence-electron chi connectivity index (χ3n) is 5.91. The van der Waals surface area contributed by atoms with E-state index in [1.165, 1.54) is 11.1 Å². The molecule has 3 atom stereocenters. The Morgan fingerprint density at radius 3 is 2.72 bits per heavy atom. The second kappa shape index (κ2) is 8.33. The van der Waals surface area contributed by atoms with Crippen molar-refractivity contribution in [3.8, 4) is 0 Å². The molecule has 0 saturated carbocycles. The van der Waals surface area contributed by atoms with Gasteiger partial charge in [0, 0.05) is 29.3 Å². The summed E-state index contributed by atoms with van der Waals surface area (Å²) >= 11 is 4.42. The van der Waals surface area contributed by atoms with E-state index in [2.05, 4.69) is 35.1 Å². The first kappa shape index (κ1) is 19.6. The normalized spacial score (nSPS) is 17.6. The van der Waals surface area contributed by atoms with Crippen LogP contribution in [0.15, 0.2) is 54.7 Å². The SMILES string of the molecule is O=C(O)[C@H](Cc1c[nH]c2ccccc12)NC(=O)[C@H](CS)[C@@H]1CCc2ccccc21. The molecule has 0 radical (unpaired) electrons. The van der Waals surface area contributed by atoms with E-state index in [1.54, 1.807) is 0 Å². The molecule has 150 valence electrons. The van der Waals surface area contributed by atoms with E-state index >= 15 is 0 Å². The van der Waals surface area contributed by atoms with Crippen LogP contribution in [0.1, 0.15) is 29.0 Å². The summed E-state index contributed by atoms with van der Waals surface area (Å²) in [5.41, 5.74) is 4.28. The van der Waals surface area contributed by atoms with E-state index < -0.39 is 12.0 Å². The highest BCUT2D eigenvalue weighted by molar-refractivity contribution is 7.80. The van der Waals surface area contributed by atoms with Crippen molar-refractivity contribution in [2.24, 2.45) is 5.92 Å². The number of amides is 1. The molecule has 0 saturated heterocycles. The highest BCUT2D eigenvalue weighted by atomic mass is 32.1. The van der Waals surface area contributed by atoms with Gasteiger partial charge in [-0.3, -0.25) is 4.79 Å². The summed E-state index contributed by atoms with van der Waals surface area (Å²) in [6.07, 6.45) is 3.87. The van der Waals surface area contributed by atoms with Gasteiger partial charge in [-0.2, -0.15) is 12.6 Å². The lowest BCUT2D eigenvalue weighted by Gasteiger charge is -2.24. The van der Waals surface area contributed by atoms with Gasteiger partial charge in [0.15, 0.2) is 0 Å². The minimum atomic E-state index is -1.03. The maximum Gasteiger partial charge on any atom is 0.326 e. The van der Waals surface area contributed by atoms with E-state index in [4.69, 9.17) is 0 Å². The second-order valence-corrected chi connectivity index (χ2v) is 7.96. The van der Waals surface area contributed by atoms with Crippen molar-refractivity contribution >= 4 is 35.4 Å². The number of benzene rings is 2. The standard InChI is InChI=1S/C23H24N2O3S/c26-22(19(13-29)18-10-9-14-5-1-2-6-16(14)18)25-21(23(27)28)11-15-12-24-20-8-4-3-7-17(15)20/h1-8,12,18-19,21,24,29H,9-11,13H2,(H,25,26)(H,27,28)/t18-,19-,21+/m1/s1. The Labute approximate surface area is 174 Å². The number of H-pyrrole nitrogens is 1. The maximum atomic E-state index is 13.0. The number of carbonyl (C=O) groups excluding carboxylic acids is 1. The number of rotatable bonds is 7. The molecule has 5 nitrogen and oxygen atoms in total. The molecule has 0 aliphatic heterocycles. The van der Waals surface area contributed by atoms with Gasteiger partial charge in [-0.15, -0.1) is 0 Å². The van der Waals surface area contributed by atoms with Gasteiger partial charge in [0.2, 0.25) is 5.91 Å². The number of aliphatic carboxylic acids is 1. The predicted octanol–water partition coefficient (Wildman–Crippen LogP) is 3.56. The molecule has 1 amide bonds. The van der Waals surface area contributed by atoms with Crippen LogP contribution in [-0.4, -0.2) is 33.8 Å². The van der Waals surface area contributed by atoms with Crippen molar-refractivity contribution in [1.29, 1.82) is 0 Å². The molecule has 2 aromatic carbocycles. The zero-order valence-electron chi connectivity index (χ0n) is 16.0. The number of aromatic amines is 1. The fraction of sp³-hybridized carbons (Fsp3) is 0.304. The number of fused-ring (bicyclic) bond motifs is 2. The van der Waals surface area contributed by atoms with Gasteiger partial charge >= 0.3 is 5.97 Å². The van der Waals surface area contributed by atoms with Crippen LogP contribution in [-0.2, 0) is 22.4 Å². The average molecular weight is 409 g/mol. The fourth-order valence-electron chi connectivity index (χ4n) is 4.40. The Morgan fingerprint density at radius 1 is 1.17 bits per heavy atom. The van der Waals surface area contributed by atoms with Crippen molar-refractivity contribution < 1.29 is 14.7 Å². The molecule has 1 aliphatic carbocycles. The van der Waals surface area contributed by atoms with Crippen LogP contribution in [0.4, 0.5) is 0 Å². The smallest absolute Gasteiger partial charge is 0.326 e. The first-order valence-electron chi connectivity index (χ1n) is 9.85. The summed E-state index contributed by atoms with van der Waals surface area (Å²) in [6.45, 7) is 0. The molecular formula is C23H24N2O3S. The Bertz CT molecular complexity index is 1050. The molecule has 6 heteroatoms. The van der Waals surface area contributed by atoms with Gasteiger partial charge in [-0.25, -0.2) is 4.79 Å². The summed E-state index contributed by atoms with van der Waals surface area (Å²) < 4.78 is 0. The summed E-state index contributed by atoms with van der Waals surface area (Å²) in [5.74, 6) is -1.18. The molecular weight excluding hydrogens is 384 g/mol. The molecule has 0 spiro atoms. The van der Waals surface area contributed by atoms with E-state index in [9.17, 15) is 14.7 Å². The van der Waals surface area contributed by atoms with E-state index in [1.807, 2.05) is 42.6 Å². The number of hydrogen-bond acceptors (Lipinski definition) is 3. The summed E-state index contributed by atoms with van der Waals surface area (Å²) in [4.78, 5) is 28.1. The maximum absolute atomic E-state index is 13.0. The Hall–Kier alpha value is -2.73. The van der Waals surface area contributed by atoms with Gasteiger partial charge in [-0.1, -0.05) is 42.5 Å². The minimum Gasteiger partial charge on any atom is -0.480 e. The summed E-state index contributed by atoms with van der Waals surface area (Å²) in [5, 5.41) is 13.5. The Balaban J connectivity index is 1.52. The lowest BCUT2D eigenvalue weighted by atomic mass is 9.87. The molecule has 0 fully saturated rings. The summed E-state index contributed by atoms with van der Waals surface area (Å²) in [6, 6.07) is 14.9. The molecule has 1 aliphatic rings. The molecule has 1 aromatic heterocycles. The number of nitrogens with one attached hydrogen (secondary N) is 2. The molecule has 0 unspecified atom stereocenters. The van der Waals surface area contributed by atoms with Gasteiger partial charge in [0.25, 0.3) is 0 Å². The Kier molecular flexibility index (Phi) is 5.62. The van der Waals surface area contributed by atoms with Crippen molar-refractivity contribution in [1.82, 2.24) is 10.3 Å². The van der Waals surface area contributed by atoms with Crippen molar-refractivity contribution in [2.45, 2.75) is 31.2 Å². The monoisotopic (exact) mass is 408 g/mol. The number of aryl methyl sites for hydroxylation is 1. The van der Waals surface area contributed by atoms with Crippen LogP contribution < -0.4 is 5.32 Å². The molecule has 3 aromatic rings. The first-order valence-corrected chi connectivity index (χ1v) is 10.5. The van der Waals surface area contributed by atoms with Crippen LogP contribution in [0.5, 0.6) is 0 Å². The van der Waals surface area contributed by atoms with Crippen LogP contribution in [0.3, 0.4) is 0 Å². The van der Waals surface area contributed by atoms with Crippen LogP contribution in [0, 0.1) is 5.92 Å². The average Bonchev–Trinajstić information content (AvgIpc) is 3.33. The van der Waals surface area contributed by atoms with E-state index in [-0.39, 0.29) is 24.2 Å². The van der Waals surface area contributed by atoms with Gasteiger partial charge in [0.1, 0.15) is 6.04 Å². The predicted molar refractivity (Wildman–Crippen MR) is 116 cm³/mol. The highest BCUT2D eigenvalue weighted by Crippen LogP contribution is 2.39. The Morgan fingerprint density at radius 2 is 1.93 bits per heavy atom. The van der Waals surface area contributed by atoms with E-state index in [0.29, 0.717) is 5.75 Å². The second-order valence-electron chi connectivity index (χ2n) is 7.60. The van der Waals surface area contributed by atoms with Crippen molar-refractivity contribution in [3.05, 3.63) is 71.4 Å². The summed E-state index contributed by atoms with van der Waals surface area (Å²) in [7, 11) is 0. The molecule has 4 rings (SSSR count). The quantitative estimate of drug-likeness (QED) is 0.451. The highest BCUT2D eigenvalue weighted by Gasteiger charge is 2.35. The lowest BCUT2D eigenvalue weighted by molar-refractivity contribution is -0.142. The first-order chi connectivity index (χ1) is 14.1. The van der Waals surface area contributed by atoms with Crippen LogP contribution >= 0.6 is 12.6 Å². The van der Waals surface area contributed by atoms with Crippen LogP contribution in [0.2, 0.25) is 0 Å². The topological polar surface area (TPSA) is 82.2 Å². The number of thiol groups is 1. The number of carboxylic acid groups (broad SMARTS) is 1. The third-order valence-corrected chi connectivity index (χ3v) is 6.31. The fourth-order valence-corrected chi connectivity index (χ4v) is 4.82.